The Morgan fingerprint density at radius 3 is 2.56 bits per heavy atom. The van der Waals surface area contributed by atoms with Gasteiger partial charge in [0.05, 0.1) is 0 Å². The third-order valence-electron chi connectivity index (χ3n) is 4.43. The molecule has 0 aliphatic carbocycles. The Morgan fingerprint density at radius 2 is 1.96 bits per heavy atom. The van der Waals surface area contributed by atoms with Crippen LogP contribution >= 0.6 is 11.6 Å². The topological polar surface area (TPSA) is 55.0 Å². The fraction of sp³-hybridized carbons (Fsp3) is 0.364. The summed E-state index contributed by atoms with van der Waals surface area (Å²) in [4.78, 5) is 12.5. The zero-order chi connectivity index (χ0) is 20.1. The van der Waals surface area contributed by atoms with Gasteiger partial charge in [-0.3, -0.25) is 0 Å². The molecule has 0 bridgehead atoms. The summed E-state index contributed by atoms with van der Waals surface area (Å²) in [5.74, 6) is -0.151. The number of hydrogen-bond acceptors (Lipinski definition) is 3. The molecule has 0 aliphatic rings. The van der Waals surface area contributed by atoms with Crippen molar-refractivity contribution in [2.45, 2.75) is 47.3 Å². The Bertz CT molecular complexity index is 904. The van der Waals surface area contributed by atoms with E-state index >= 15 is 0 Å². The number of carbonyl (C=O) groups is 1. The normalized spacial score (nSPS) is 12.7. The quantitative estimate of drug-likeness (QED) is 0.368. The number of rotatable bonds is 6. The molecule has 2 rings (SSSR count). The Labute approximate surface area is 166 Å². The number of ether oxygens (including phenoxy) is 1. The van der Waals surface area contributed by atoms with Crippen LogP contribution in [0.2, 0.25) is 5.02 Å². The largest absolute Gasteiger partial charge is 0.454 e. The van der Waals surface area contributed by atoms with Crippen LogP contribution < -0.4 is 0 Å². The molecule has 0 spiro atoms. The lowest BCUT2D eigenvalue weighted by molar-refractivity contribution is -0.143. The van der Waals surface area contributed by atoms with Crippen LogP contribution in [0.3, 0.4) is 0 Å². The van der Waals surface area contributed by atoms with Crippen molar-refractivity contribution >= 4 is 23.6 Å². The summed E-state index contributed by atoms with van der Waals surface area (Å²) in [5.41, 5.74) is 3.66. The molecule has 0 fully saturated rings. The Hall–Kier alpha value is -2.51. The van der Waals surface area contributed by atoms with Gasteiger partial charge in [-0.2, -0.15) is 5.26 Å². The number of benzene rings is 1. The lowest BCUT2D eigenvalue weighted by Crippen LogP contribution is -2.11. The Balaban J connectivity index is 2.25. The fourth-order valence-electron chi connectivity index (χ4n) is 3.00. The average molecular weight is 385 g/mol. The molecule has 0 saturated heterocycles. The third-order valence-corrected chi connectivity index (χ3v) is 4.77. The van der Waals surface area contributed by atoms with Crippen LogP contribution in [0, 0.1) is 31.1 Å². The predicted molar refractivity (Wildman–Crippen MR) is 108 cm³/mol. The first-order chi connectivity index (χ1) is 12.7. The zero-order valence-electron chi connectivity index (χ0n) is 16.4. The van der Waals surface area contributed by atoms with E-state index < -0.39 is 12.1 Å². The molecule has 27 heavy (non-hydrogen) atoms. The number of aromatic nitrogens is 1. The molecule has 2 aromatic rings. The second-order valence-corrected chi connectivity index (χ2v) is 7.48. The van der Waals surface area contributed by atoms with Gasteiger partial charge in [0.25, 0.3) is 0 Å². The van der Waals surface area contributed by atoms with Crippen molar-refractivity contribution in [2.24, 2.45) is 5.92 Å². The summed E-state index contributed by atoms with van der Waals surface area (Å²) >= 11 is 6.15. The van der Waals surface area contributed by atoms with Crippen molar-refractivity contribution in [3.63, 3.8) is 0 Å². The summed E-state index contributed by atoms with van der Waals surface area (Å²) in [6, 6.07) is 11.1. The van der Waals surface area contributed by atoms with Gasteiger partial charge < -0.3 is 9.30 Å². The van der Waals surface area contributed by atoms with E-state index in [1.165, 1.54) is 0 Å². The van der Waals surface area contributed by atoms with Gasteiger partial charge in [-0.25, -0.2) is 4.79 Å². The molecule has 4 nitrogen and oxygen atoms in total. The minimum absolute atomic E-state index is 0.0290. The summed E-state index contributed by atoms with van der Waals surface area (Å²) < 4.78 is 7.66. The summed E-state index contributed by atoms with van der Waals surface area (Å²) in [6.45, 7) is 11.0. The van der Waals surface area contributed by atoms with E-state index in [0.29, 0.717) is 16.5 Å². The van der Waals surface area contributed by atoms with Crippen LogP contribution in [-0.4, -0.2) is 10.5 Å². The van der Waals surface area contributed by atoms with Gasteiger partial charge >= 0.3 is 5.97 Å². The van der Waals surface area contributed by atoms with Gasteiger partial charge in [0, 0.05) is 28.5 Å². The first kappa shape index (κ1) is 20.8. The molecule has 0 unspecified atom stereocenters. The summed E-state index contributed by atoms with van der Waals surface area (Å²) in [7, 11) is 0. The van der Waals surface area contributed by atoms with Crippen molar-refractivity contribution in [1.82, 2.24) is 4.57 Å². The molecular formula is C22H25ClN2O2. The van der Waals surface area contributed by atoms with Gasteiger partial charge in [-0.05, 0) is 50.5 Å². The number of nitrogens with zero attached hydrogens (tertiary/aromatic N) is 2. The molecule has 1 atom stereocenters. The molecule has 1 heterocycles. The van der Waals surface area contributed by atoms with Gasteiger partial charge in [-0.15, -0.1) is 0 Å². The number of esters is 1. The summed E-state index contributed by atoms with van der Waals surface area (Å²) in [6.07, 6.45) is 1.05. The monoisotopic (exact) mass is 384 g/mol. The standard InChI is InChI=1S/C22H25ClN2O2/c1-14(2)13-25-15(3)10-18(16(25)4)11-19(12-24)22(26)27-17(5)20-8-6-7-9-21(20)23/h6-11,14,17H,13H2,1-5H3/b19-11+/t17-/m1/s1. The number of hydrogen-bond donors (Lipinski definition) is 0. The van der Waals surface area contributed by atoms with E-state index in [0.717, 1.165) is 23.5 Å². The van der Waals surface area contributed by atoms with Crippen LogP contribution in [0.25, 0.3) is 6.08 Å². The predicted octanol–water partition coefficient (Wildman–Crippen LogP) is 5.63. The highest BCUT2D eigenvalue weighted by Gasteiger charge is 2.19. The van der Waals surface area contributed by atoms with Crippen molar-refractivity contribution in [3.8, 4) is 6.07 Å². The smallest absolute Gasteiger partial charge is 0.349 e. The number of aryl methyl sites for hydroxylation is 1. The van der Waals surface area contributed by atoms with Gasteiger partial charge in [0.1, 0.15) is 17.7 Å². The highest BCUT2D eigenvalue weighted by Crippen LogP contribution is 2.26. The van der Waals surface area contributed by atoms with Gasteiger partial charge in [0.2, 0.25) is 0 Å². The molecule has 0 radical (unpaired) electrons. The van der Waals surface area contributed by atoms with Crippen LogP contribution in [-0.2, 0) is 16.1 Å². The lowest BCUT2D eigenvalue weighted by Gasteiger charge is -2.14. The second-order valence-electron chi connectivity index (χ2n) is 7.07. The third kappa shape index (κ3) is 5.02. The van der Waals surface area contributed by atoms with Crippen LogP contribution in [0.4, 0.5) is 0 Å². The van der Waals surface area contributed by atoms with Crippen molar-refractivity contribution in [1.29, 1.82) is 5.26 Å². The Morgan fingerprint density at radius 1 is 1.30 bits per heavy atom. The van der Waals surface area contributed by atoms with Gasteiger partial charge in [0.15, 0.2) is 0 Å². The number of halogens is 1. The van der Waals surface area contributed by atoms with Crippen LogP contribution in [0.1, 0.15) is 49.4 Å². The van der Waals surface area contributed by atoms with E-state index in [1.807, 2.05) is 38.1 Å². The SMILES string of the molecule is Cc1cc(/C=C(\C#N)C(=O)O[C@H](C)c2ccccc2Cl)c(C)n1CC(C)C. The van der Waals surface area contributed by atoms with Gasteiger partial charge in [-0.1, -0.05) is 43.6 Å². The first-order valence-electron chi connectivity index (χ1n) is 8.98. The Kier molecular flexibility index (Phi) is 6.87. The lowest BCUT2D eigenvalue weighted by atomic mass is 10.1. The van der Waals surface area contributed by atoms with Crippen LogP contribution in [0.5, 0.6) is 0 Å². The highest BCUT2D eigenvalue weighted by atomic mass is 35.5. The molecular weight excluding hydrogens is 360 g/mol. The molecule has 0 aliphatic heterocycles. The van der Waals surface area contributed by atoms with E-state index in [1.54, 1.807) is 25.1 Å². The molecule has 0 saturated carbocycles. The fourth-order valence-corrected chi connectivity index (χ4v) is 3.29. The minimum Gasteiger partial charge on any atom is -0.454 e. The van der Waals surface area contributed by atoms with Crippen molar-refractivity contribution < 1.29 is 9.53 Å². The number of nitriles is 1. The maximum absolute atomic E-state index is 12.5. The maximum Gasteiger partial charge on any atom is 0.349 e. The van der Waals surface area contributed by atoms with Crippen molar-refractivity contribution in [3.05, 3.63) is 63.4 Å². The first-order valence-corrected chi connectivity index (χ1v) is 9.36. The number of carbonyl (C=O) groups excluding carboxylic acids is 1. The molecule has 0 N–H and O–H groups in total. The zero-order valence-corrected chi connectivity index (χ0v) is 17.2. The molecule has 142 valence electrons. The van der Waals surface area contributed by atoms with E-state index in [-0.39, 0.29) is 5.57 Å². The molecule has 0 amide bonds. The van der Waals surface area contributed by atoms with E-state index in [2.05, 4.69) is 18.4 Å². The second kappa shape index (κ2) is 8.92. The van der Waals surface area contributed by atoms with E-state index in [9.17, 15) is 10.1 Å². The minimum atomic E-state index is -0.654. The summed E-state index contributed by atoms with van der Waals surface area (Å²) in [5, 5.41) is 9.98. The molecule has 5 heteroatoms. The maximum atomic E-state index is 12.5. The van der Waals surface area contributed by atoms with Crippen LogP contribution in [0.15, 0.2) is 35.9 Å². The molecule has 1 aromatic heterocycles. The average Bonchev–Trinajstić information content (AvgIpc) is 2.86. The highest BCUT2D eigenvalue weighted by molar-refractivity contribution is 6.31. The van der Waals surface area contributed by atoms with E-state index in [4.69, 9.17) is 16.3 Å². The molecule has 1 aromatic carbocycles. The van der Waals surface area contributed by atoms with Crippen molar-refractivity contribution in [2.75, 3.05) is 0 Å².